The van der Waals surface area contributed by atoms with Crippen LogP contribution in [0.1, 0.15) is 44.1 Å². The highest BCUT2D eigenvalue weighted by Crippen LogP contribution is 2.33. The summed E-state index contributed by atoms with van der Waals surface area (Å²) in [6.45, 7) is -0.0706. The summed E-state index contributed by atoms with van der Waals surface area (Å²) >= 11 is 0. The first-order valence-electron chi connectivity index (χ1n) is 8.82. The van der Waals surface area contributed by atoms with Crippen molar-refractivity contribution in [1.82, 2.24) is 10.2 Å². The highest BCUT2D eigenvalue weighted by Gasteiger charge is 2.51. The predicted molar refractivity (Wildman–Crippen MR) is 90.8 cm³/mol. The van der Waals surface area contributed by atoms with Crippen LogP contribution in [0.4, 0.5) is 23.7 Å². The van der Waals surface area contributed by atoms with E-state index in [2.05, 4.69) is 10.6 Å². The lowest BCUT2D eigenvalue weighted by atomic mass is 9.82. The Morgan fingerprint density at radius 1 is 1.11 bits per heavy atom. The van der Waals surface area contributed by atoms with Crippen molar-refractivity contribution in [2.75, 3.05) is 11.9 Å². The Bertz CT molecular complexity index is 740. The van der Waals surface area contributed by atoms with Gasteiger partial charge in [0.15, 0.2) is 0 Å². The third-order valence-electron chi connectivity index (χ3n) is 5.01. The molecule has 6 nitrogen and oxygen atoms in total. The molecule has 0 radical (unpaired) electrons. The molecule has 0 bridgehead atoms. The molecule has 3 rings (SSSR count). The lowest BCUT2D eigenvalue weighted by Crippen LogP contribution is -2.48. The summed E-state index contributed by atoms with van der Waals surface area (Å²) in [4.78, 5) is 37.8. The smallest absolute Gasteiger partial charge is 0.326 e. The Labute approximate surface area is 154 Å². The fourth-order valence-corrected chi connectivity index (χ4v) is 3.55. The van der Waals surface area contributed by atoms with Gasteiger partial charge in [-0.1, -0.05) is 19.3 Å². The molecular weight excluding hydrogens is 363 g/mol. The van der Waals surface area contributed by atoms with Crippen LogP contribution in [0.15, 0.2) is 24.3 Å². The third kappa shape index (κ3) is 4.06. The zero-order valence-corrected chi connectivity index (χ0v) is 14.6. The summed E-state index contributed by atoms with van der Waals surface area (Å²) < 4.78 is 37.6. The molecule has 146 valence electrons. The summed E-state index contributed by atoms with van der Waals surface area (Å²) in [5.41, 5.74) is -1.43. The Kier molecular flexibility index (Phi) is 5.12. The number of carbonyl (C=O) groups is 3. The summed E-state index contributed by atoms with van der Waals surface area (Å²) in [5.74, 6) is -0.783. The molecule has 4 amide bonds. The summed E-state index contributed by atoms with van der Waals surface area (Å²) in [6.07, 6.45) is -0.599. The zero-order chi connectivity index (χ0) is 19.7. The van der Waals surface area contributed by atoms with Gasteiger partial charge in [-0.05, 0) is 37.1 Å². The molecular formula is C18H20F3N3O3. The van der Waals surface area contributed by atoms with Crippen LogP contribution in [-0.4, -0.2) is 34.8 Å². The van der Waals surface area contributed by atoms with Crippen LogP contribution >= 0.6 is 0 Å². The van der Waals surface area contributed by atoms with Gasteiger partial charge in [-0.3, -0.25) is 14.5 Å². The number of carbonyl (C=O) groups excluding carboxylic acids is 3. The normalized spacial score (nSPS) is 19.3. The Hall–Kier alpha value is -2.58. The maximum atomic E-state index is 12.6. The van der Waals surface area contributed by atoms with Crippen molar-refractivity contribution in [2.24, 2.45) is 0 Å². The van der Waals surface area contributed by atoms with Crippen LogP contribution in [-0.2, 0) is 15.8 Å². The molecule has 2 N–H and O–H groups in total. The highest BCUT2D eigenvalue weighted by atomic mass is 19.4. The Morgan fingerprint density at radius 2 is 1.74 bits per heavy atom. The van der Waals surface area contributed by atoms with Crippen molar-refractivity contribution in [3.05, 3.63) is 29.8 Å². The average Bonchev–Trinajstić information content (AvgIpc) is 2.83. The summed E-state index contributed by atoms with van der Waals surface area (Å²) in [6, 6.07) is 3.57. The highest BCUT2D eigenvalue weighted by molar-refractivity contribution is 6.07. The standard InChI is InChI=1S/C18H20F3N3O3/c19-18(20,21)12-4-6-13(7-5-12)22-14(25)8-11-24-15(26)17(23-16(24)27)9-2-1-3-10-17/h4-7H,1-3,8-11H2,(H,22,25)(H,23,27). The van der Waals surface area contributed by atoms with Gasteiger partial charge >= 0.3 is 12.2 Å². The molecule has 27 heavy (non-hydrogen) atoms. The molecule has 1 aromatic carbocycles. The second-order valence-corrected chi connectivity index (χ2v) is 6.90. The minimum absolute atomic E-state index is 0.0706. The van der Waals surface area contributed by atoms with Crippen molar-refractivity contribution in [2.45, 2.75) is 50.2 Å². The van der Waals surface area contributed by atoms with Crippen LogP contribution in [0.2, 0.25) is 0 Å². The monoisotopic (exact) mass is 383 g/mol. The fourth-order valence-electron chi connectivity index (χ4n) is 3.55. The van der Waals surface area contributed by atoms with E-state index in [0.29, 0.717) is 12.8 Å². The van der Waals surface area contributed by atoms with Gasteiger partial charge in [0.25, 0.3) is 5.91 Å². The maximum Gasteiger partial charge on any atom is 0.416 e. The number of imide groups is 1. The van der Waals surface area contributed by atoms with E-state index in [1.54, 1.807) is 0 Å². The van der Waals surface area contributed by atoms with Gasteiger partial charge in [-0.15, -0.1) is 0 Å². The SMILES string of the molecule is O=C(CCN1C(=O)NC2(CCCCC2)C1=O)Nc1ccc(C(F)(F)F)cc1. The van der Waals surface area contributed by atoms with Gasteiger partial charge in [0.1, 0.15) is 5.54 Å². The van der Waals surface area contributed by atoms with Gasteiger partial charge in [0.05, 0.1) is 5.56 Å². The number of rotatable bonds is 4. The second kappa shape index (κ2) is 7.21. The Morgan fingerprint density at radius 3 is 2.33 bits per heavy atom. The van der Waals surface area contributed by atoms with Gasteiger partial charge in [-0.2, -0.15) is 13.2 Å². The lowest BCUT2D eigenvalue weighted by molar-refractivity contribution is -0.137. The third-order valence-corrected chi connectivity index (χ3v) is 5.01. The molecule has 1 aromatic rings. The lowest BCUT2D eigenvalue weighted by Gasteiger charge is -2.30. The molecule has 2 aliphatic rings. The number of benzene rings is 1. The predicted octanol–water partition coefficient (Wildman–Crippen LogP) is 3.29. The van der Waals surface area contributed by atoms with E-state index in [1.165, 1.54) is 0 Å². The molecule has 0 aromatic heterocycles. The number of halogens is 3. The Balaban J connectivity index is 1.54. The van der Waals surface area contributed by atoms with E-state index in [1.807, 2.05) is 0 Å². The number of urea groups is 1. The molecule has 2 fully saturated rings. The average molecular weight is 383 g/mol. The molecule has 9 heteroatoms. The first-order chi connectivity index (χ1) is 12.7. The maximum absolute atomic E-state index is 12.6. The molecule has 1 heterocycles. The number of nitrogens with one attached hydrogen (secondary N) is 2. The van der Waals surface area contributed by atoms with E-state index in [-0.39, 0.29) is 24.6 Å². The van der Waals surface area contributed by atoms with Crippen molar-refractivity contribution >= 4 is 23.5 Å². The number of alkyl halides is 3. The van der Waals surface area contributed by atoms with Gasteiger partial charge in [0.2, 0.25) is 5.91 Å². The van der Waals surface area contributed by atoms with E-state index < -0.39 is 29.2 Å². The summed E-state index contributed by atoms with van der Waals surface area (Å²) in [5, 5.41) is 5.23. The van der Waals surface area contributed by atoms with Crippen molar-refractivity contribution in [3.8, 4) is 0 Å². The van der Waals surface area contributed by atoms with Crippen LogP contribution in [0.25, 0.3) is 0 Å². The number of hydrogen-bond donors (Lipinski definition) is 2. The topological polar surface area (TPSA) is 78.5 Å². The molecule has 0 atom stereocenters. The van der Waals surface area contributed by atoms with E-state index >= 15 is 0 Å². The van der Waals surface area contributed by atoms with Crippen molar-refractivity contribution < 1.29 is 27.6 Å². The van der Waals surface area contributed by atoms with Gasteiger partial charge in [0, 0.05) is 18.7 Å². The van der Waals surface area contributed by atoms with Crippen LogP contribution in [0, 0.1) is 0 Å². The number of anilines is 1. The first kappa shape index (κ1) is 19.2. The van der Waals surface area contributed by atoms with E-state index in [0.717, 1.165) is 48.4 Å². The van der Waals surface area contributed by atoms with Crippen LogP contribution in [0.3, 0.4) is 0 Å². The fraction of sp³-hybridized carbons (Fsp3) is 0.500. The summed E-state index contributed by atoms with van der Waals surface area (Å²) in [7, 11) is 0. The van der Waals surface area contributed by atoms with Crippen molar-refractivity contribution in [3.63, 3.8) is 0 Å². The molecule has 1 spiro atoms. The number of nitrogens with zero attached hydrogens (tertiary/aromatic N) is 1. The molecule has 0 unspecified atom stereocenters. The van der Waals surface area contributed by atoms with Crippen molar-refractivity contribution in [1.29, 1.82) is 0 Å². The number of amides is 4. The zero-order valence-electron chi connectivity index (χ0n) is 14.6. The first-order valence-corrected chi connectivity index (χ1v) is 8.82. The second-order valence-electron chi connectivity index (χ2n) is 6.90. The largest absolute Gasteiger partial charge is 0.416 e. The molecule has 1 saturated heterocycles. The molecule has 1 saturated carbocycles. The quantitative estimate of drug-likeness (QED) is 0.783. The van der Waals surface area contributed by atoms with E-state index in [4.69, 9.17) is 0 Å². The minimum atomic E-state index is -4.44. The van der Waals surface area contributed by atoms with Gasteiger partial charge < -0.3 is 10.6 Å². The molecule has 1 aliphatic heterocycles. The van der Waals surface area contributed by atoms with Crippen LogP contribution in [0.5, 0.6) is 0 Å². The van der Waals surface area contributed by atoms with Crippen LogP contribution < -0.4 is 10.6 Å². The number of hydrogen-bond acceptors (Lipinski definition) is 3. The van der Waals surface area contributed by atoms with E-state index in [9.17, 15) is 27.6 Å². The van der Waals surface area contributed by atoms with Gasteiger partial charge in [-0.25, -0.2) is 4.79 Å². The molecule has 1 aliphatic carbocycles. The minimum Gasteiger partial charge on any atom is -0.326 e.